The third-order valence-corrected chi connectivity index (χ3v) is 21.1. The van der Waals surface area contributed by atoms with Crippen molar-refractivity contribution in [3.63, 3.8) is 0 Å². The molecule has 0 unspecified atom stereocenters. The van der Waals surface area contributed by atoms with Gasteiger partial charge in [-0.15, -0.1) is 0 Å². The summed E-state index contributed by atoms with van der Waals surface area (Å²) in [6.45, 7) is 14.7. The van der Waals surface area contributed by atoms with Crippen molar-refractivity contribution in [3.8, 4) is 0 Å². The van der Waals surface area contributed by atoms with Gasteiger partial charge in [-0.25, -0.2) is 0 Å². The first-order valence-corrected chi connectivity index (χ1v) is 27.2. The lowest BCUT2D eigenvalue weighted by Gasteiger charge is -2.55. The van der Waals surface area contributed by atoms with Gasteiger partial charge in [0.15, 0.2) is 5.78 Å². The van der Waals surface area contributed by atoms with Gasteiger partial charge in [0.25, 0.3) is 8.32 Å². The molecule has 6 aliphatic heterocycles. The Hall–Kier alpha value is -3.59. The second-order valence-corrected chi connectivity index (χ2v) is 26.4. The molecule has 0 bridgehead atoms. The molecule has 0 radical (unpaired) electrons. The molecular formula is C57H72O10Si. The lowest BCUT2D eigenvalue weighted by Crippen LogP contribution is -2.69. The fraction of sp³-hybridized carbons (Fsp3) is 0.561. The SMILES string of the molecule is CC(C)(C)[Si](OC[C@]1(C)O[C@]2(C)CC[C@@H]3O[C@@H]4C[C@@H]5O[C@@H]6C[C@H](OCc7ccccc7)[C@@](C)(CCOCc7ccccc7)O[C@H]6C[C@H]5O[C@H]4C[C@H]3O[C@H]2CC1=O)(c1ccccc1)c1ccccc1. The van der Waals surface area contributed by atoms with E-state index in [4.69, 9.17) is 42.3 Å². The predicted octanol–water partition coefficient (Wildman–Crippen LogP) is 8.83. The second kappa shape index (κ2) is 19.5. The van der Waals surface area contributed by atoms with Crippen LogP contribution in [0.25, 0.3) is 0 Å². The molecule has 6 heterocycles. The Morgan fingerprint density at radius 3 is 1.69 bits per heavy atom. The van der Waals surface area contributed by atoms with E-state index in [0.29, 0.717) is 39.1 Å². The number of hydrogen-bond donors (Lipinski definition) is 0. The number of fused-ring (bicyclic) bond motifs is 5. The molecular weight excluding hydrogens is 873 g/mol. The van der Waals surface area contributed by atoms with Crippen molar-refractivity contribution < 1.29 is 47.1 Å². The Morgan fingerprint density at radius 1 is 0.618 bits per heavy atom. The van der Waals surface area contributed by atoms with Crippen molar-refractivity contribution in [2.75, 3.05) is 13.2 Å². The van der Waals surface area contributed by atoms with Crippen LogP contribution < -0.4 is 10.4 Å². The van der Waals surface area contributed by atoms with E-state index in [9.17, 15) is 4.79 Å². The largest absolute Gasteiger partial charge is 0.404 e. The van der Waals surface area contributed by atoms with Crippen molar-refractivity contribution >= 4 is 24.5 Å². The van der Waals surface area contributed by atoms with Crippen LogP contribution in [-0.2, 0) is 60.3 Å². The van der Waals surface area contributed by atoms with E-state index >= 15 is 0 Å². The van der Waals surface area contributed by atoms with Crippen LogP contribution in [0.1, 0.15) is 104 Å². The highest BCUT2D eigenvalue weighted by Gasteiger charge is 2.60. The summed E-state index contributed by atoms with van der Waals surface area (Å²) >= 11 is 0. The van der Waals surface area contributed by atoms with Crippen molar-refractivity contribution in [2.45, 2.75) is 189 Å². The summed E-state index contributed by atoms with van der Waals surface area (Å²) in [5, 5.41) is 2.11. The Labute approximate surface area is 404 Å². The molecule has 10 rings (SSSR count). The minimum absolute atomic E-state index is 0.00609. The first-order chi connectivity index (χ1) is 32.7. The van der Waals surface area contributed by atoms with Gasteiger partial charge in [0.05, 0.1) is 92.1 Å². The van der Waals surface area contributed by atoms with Gasteiger partial charge >= 0.3 is 0 Å². The van der Waals surface area contributed by atoms with Crippen LogP contribution in [0.5, 0.6) is 0 Å². The molecule has 13 atom stereocenters. The number of hydrogen-bond acceptors (Lipinski definition) is 10. The zero-order valence-electron chi connectivity index (χ0n) is 40.9. The highest BCUT2D eigenvalue weighted by molar-refractivity contribution is 6.99. The maximum absolute atomic E-state index is 14.5. The summed E-state index contributed by atoms with van der Waals surface area (Å²) < 4.78 is 62.4. The first-order valence-electron chi connectivity index (χ1n) is 25.3. The van der Waals surface area contributed by atoms with Gasteiger partial charge in [0, 0.05) is 45.1 Å². The number of carbonyl (C=O) groups excluding carboxylic acids is 1. The molecule has 68 heavy (non-hydrogen) atoms. The van der Waals surface area contributed by atoms with Crippen molar-refractivity contribution in [1.29, 1.82) is 0 Å². The first kappa shape index (κ1) is 48.1. The maximum Gasteiger partial charge on any atom is 0.261 e. The third kappa shape index (κ3) is 9.62. The average Bonchev–Trinajstić information content (AvgIpc) is 3.46. The fourth-order valence-corrected chi connectivity index (χ4v) is 17.0. The predicted molar refractivity (Wildman–Crippen MR) is 262 cm³/mol. The molecule has 0 aliphatic carbocycles. The van der Waals surface area contributed by atoms with Crippen LogP contribution in [0.2, 0.25) is 5.04 Å². The van der Waals surface area contributed by atoms with E-state index in [1.807, 2.05) is 55.5 Å². The number of ether oxygens (including phenoxy) is 8. The van der Waals surface area contributed by atoms with Crippen LogP contribution >= 0.6 is 0 Å². The molecule has 0 spiro atoms. The van der Waals surface area contributed by atoms with E-state index in [1.54, 1.807) is 0 Å². The van der Waals surface area contributed by atoms with Gasteiger partial charge in [-0.1, -0.05) is 142 Å². The van der Waals surface area contributed by atoms with E-state index in [-0.39, 0.29) is 78.8 Å². The highest BCUT2D eigenvalue weighted by atomic mass is 28.4. The zero-order valence-corrected chi connectivity index (χ0v) is 41.9. The lowest BCUT2D eigenvalue weighted by molar-refractivity contribution is -0.322. The molecule has 6 aliphatic rings. The smallest absolute Gasteiger partial charge is 0.261 e. The standard InChI is InChI=1S/C57H72O10Si/c1-54(2,3)68(41-23-15-9-16-24-41,42-25-17-10-18-26-42)61-38-57(6)51(58)35-53-56(5,67-57)28-27-43-44(65-53)31-46-45(62-43)32-47-48(63-46)33-50-49(64-47)34-52(60-37-40-21-13-8-14-22-40)55(4,66-50)29-30-59-36-39-19-11-7-12-20-39/h7-26,43-50,52-53H,27-38H2,1-6H3/t43-,44+,45+,46-,47-,48+,49+,50-,52-,53-,55+,56+,57-/m0/s1. The molecule has 0 saturated carbocycles. The summed E-state index contributed by atoms with van der Waals surface area (Å²) in [6, 6.07) is 41.7. The van der Waals surface area contributed by atoms with Gasteiger partial charge in [0.1, 0.15) is 5.60 Å². The number of Topliss-reactive ketones (excluding diaryl/α,β-unsaturated/α-hetero) is 1. The monoisotopic (exact) mass is 944 g/mol. The average molecular weight is 945 g/mol. The Bertz CT molecular complexity index is 2260. The molecule has 0 amide bonds. The van der Waals surface area contributed by atoms with E-state index in [1.165, 1.54) is 10.4 Å². The maximum atomic E-state index is 14.5. The summed E-state index contributed by atoms with van der Waals surface area (Å²) in [6.07, 6.45) is 3.52. The van der Waals surface area contributed by atoms with Gasteiger partial charge in [-0.3, -0.25) is 4.79 Å². The molecule has 6 fully saturated rings. The minimum atomic E-state index is -2.93. The second-order valence-electron chi connectivity index (χ2n) is 22.1. The van der Waals surface area contributed by atoms with Crippen LogP contribution in [0.3, 0.4) is 0 Å². The lowest BCUT2D eigenvalue weighted by atomic mass is 9.80. The molecule has 11 heteroatoms. The Morgan fingerprint density at radius 2 is 1.12 bits per heavy atom. The molecule has 10 nitrogen and oxygen atoms in total. The summed E-state index contributed by atoms with van der Waals surface area (Å²) in [5.74, 6) is 0.00609. The summed E-state index contributed by atoms with van der Waals surface area (Å²) in [7, 11) is -2.93. The molecule has 0 aromatic heterocycles. The quantitative estimate of drug-likeness (QED) is 0.0956. The highest BCUT2D eigenvalue weighted by Crippen LogP contribution is 2.49. The Balaban J connectivity index is 0.803. The van der Waals surface area contributed by atoms with Crippen molar-refractivity contribution in [1.82, 2.24) is 0 Å². The summed E-state index contributed by atoms with van der Waals surface area (Å²) in [4.78, 5) is 14.5. The van der Waals surface area contributed by atoms with Crippen molar-refractivity contribution in [2.24, 2.45) is 0 Å². The fourth-order valence-electron chi connectivity index (χ4n) is 12.3. The van der Waals surface area contributed by atoms with Crippen LogP contribution in [-0.4, -0.2) is 105 Å². The number of ketones is 1. The number of rotatable bonds is 13. The van der Waals surface area contributed by atoms with Crippen LogP contribution in [0.4, 0.5) is 0 Å². The number of carbonyl (C=O) groups is 1. The molecule has 4 aromatic rings. The summed E-state index contributed by atoms with van der Waals surface area (Å²) in [5.41, 5.74) is -0.170. The van der Waals surface area contributed by atoms with Gasteiger partial charge in [-0.05, 0) is 60.2 Å². The van der Waals surface area contributed by atoms with E-state index in [2.05, 4.69) is 107 Å². The molecule has 6 saturated heterocycles. The number of benzene rings is 4. The zero-order chi connectivity index (χ0) is 47.2. The normalized spacial score (nSPS) is 36.0. The van der Waals surface area contributed by atoms with Gasteiger partial charge in [0.2, 0.25) is 0 Å². The topological polar surface area (TPSA) is 100 Å². The minimum Gasteiger partial charge on any atom is -0.404 e. The van der Waals surface area contributed by atoms with Gasteiger partial charge < -0.3 is 42.3 Å². The van der Waals surface area contributed by atoms with Crippen LogP contribution in [0.15, 0.2) is 121 Å². The Kier molecular flexibility index (Phi) is 13.8. The molecule has 0 N–H and O–H groups in total. The van der Waals surface area contributed by atoms with Crippen LogP contribution in [0, 0.1) is 0 Å². The molecule has 364 valence electrons. The van der Waals surface area contributed by atoms with E-state index in [0.717, 1.165) is 36.8 Å². The molecule has 4 aromatic carbocycles. The van der Waals surface area contributed by atoms with E-state index < -0.39 is 31.2 Å². The third-order valence-electron chi connectivity index (χ3n) is 16.1. The van der Waals surface area contributed by atoms with Crippen molar-refractivity contribution in [3.05, 3.63) is 132 Å². The van der Waals surface area contributed by atoms with Gasteiger partial charge in [-0.2, -0.15) is 0 Å².